The zero-order chi connectivity index (χ0) is 20.1. The summed E-state index contributed by atoms with van der Waals surface area (Å²) in [5.74, 6) is 0.723. The topological polar surface area (TPSA) is 83.0 Å². The predicted octanol–water partition coefficient (Wildman–Crippen LogP) is 1.17. The van der Waals surface area contributed by atoms with Gasteiger partial charge in [0.2, 0.25) is 0 Å². The summed E-state index contributed by atoms with van der Waals surface area (Å²) < 4.78 is 28.9. The van der Waals surface area contributed by atoms with E-state index in [9.17, 15) is 8.42 Å². The predicted molar refractivity (Wildman–Crippen MR) is 109 cm³/mol. The molecule has 0 aliphatic carbocycles. The lowest BCUT2D eigenvalue weighted by molar-refractivity contribution is -0.00834. The van der Waals surface area contributed by atoms with Gasteiger partial charge >= 0.3 is 0 Å². The summed E-state index contributed by atoms with van der Waals surface area (Å²) in [6.07, 6.45) is 1.23. The van der Waals surface area contributed by atoms with Crippen LogP contribution in [0.25, 0.3) is 0 Å². The summed E-state index contributed by atoms with van der Waals surface area (Å²) in [4.78, 5) is 7.08. The maximum Gasteiger partial charge on any atom is 0.191 e. The van der Waals surface area contributed by atoms with Crippen LogP contribution in [0.2, 0.25) is 0 Å². The Kier molecular flexibility index (Phi) is 7.25. The summed E-state index contributed by atoms with van der Waals surface area (Å²) in [5, 5.41) is 6.68. The minimum absolute atomic E-state index is 0.00484. The van der Waals surface area contributed by atoms with E-state index in [-0.39, 0.29) is 5.54 Å². The fraction of sp³-hybridized carbons (Fsp3) is 0.632. The fourth-order valence-corrected chi connectivity index (χ4v) is 4.18. The van der Waals surface area contributed by atoms with E-state index in [0.29, 0.717) is 11.4 Å². The SMILES string of the molecule is CN=C(NCc1ccc(S(C)(=O)=O)c(C)c1)NCC(C)(C)N1CCOCC1. The van der Waals surface area contributed by atoms with Crippen molar-refractivity contribution in [3.8, 4) is 0 Å². The van der Waals surface area contributed by atoms with Gasteiger partial charge in [-0.25, -0.2) is 8.42 Å². The average molecular weight is 397 g/mol. The van der Waals surface area contributed by atoms with Crippen LogP contribution in [0.3, 0.4) is 0 Å². The second-order valence-corrected chi connectivity index (χ2v) is 9.55. The lowest BCUT2D eigenvalue weighted by Gasteiger charge is -2.41. The molecule has 1 aromatic carbocycles. The van der Waals surface area contributed by atoms with Gasteiger partial charge in [0.1, 0.15) is 0 Å². The molecule has 0 unspecified atom stereocenters. The number of aliphatic imine (C=N–C) groups is 1. The third kappa shape index (κ3) is 6.19. The van der Waals surface area contributed by atoms with Gasteiger partial charge in [-0.1, -0.05) is 12.1 Å². The zero-order valence-corrected chi connectivity index (χ0v) is 17.8. The number of rotatable bonds is 6. The number of aryl methyl sites for hydroxylation is 1. The number of benzene rings is 1. The van der Waals surface area contributed by atoms with Crippen LogP contribution >= 0.6 is 0 Å². The molecule has 8 heteroatoms. The quantitative estimate of drug-likeness (QED) is 0.555. The maximum atomic E-state index is 11.7. The molecule has 1 saturated heterocycles. The highest BCUT2D eigenvalue weighted by atomic mass is 32.2. The van der Waals surface area contributed by atoms with Crippen molar-refractivity contribution < 1.29 is 13.2 Å². The van der Waals surface area contributed by atoms with Crippen molar-refractivity contribution >= 4 is 15.8 Å². The minimum Gasteiger partial charge on any atom is -0.379 e. The largest absolute Gasteiger partial charge is 0.379 e. The van der Waals surface area contributed by atoms with Gasteiger partial charge in [-0.15, -0.1) is 0 Å². The molecule has 0 aromatic heterocycles. The molecule has 152 valence electrons. The minimum atomic E-state index is -3.19. The summed E-state index contributed by atoms with van der Waals surface area (Å²) in [6.45, 7) is 11.0. The molecule has 0 radical (unpaired) electrons. The Bertz CT molecular complexity index is 769. The summed E-state index contributed by atoms with van der Waals surface area (Å²) in [5.41, 5.74) is 1.76. The second kappa shape index (κ2) is 9.03. The molecule has 1 heterocycles. The Morgan fingerprint density at radius 3 is 2.48 bits per heavy atom. The molecule has 0 saturated carbocycles. The molecular weight excluding hydrogens is 364 g/mol. The molecule has 1 aromatic rings. The molecule has 2 N–H and O–H groups in total. The summed E-state index contributed by atoms with van der Waals surface area (Å²) in [6, 6.07) is 5.40. The molecule has 2 rings (SSSR count). The van der Waals surface area contributed by atoms with Gasteiger partial charge in [-0.2, -0.15) is 0 Å². The van der Waals surface area contributed by atoms with Crippen LogP contribution in [0.4, 0.5) is 0 Å². The van der Waals surface area contributed by atoms with Crippen molar-refractivity contribution in [3.63, 3.8) is 0 Å². The van der Waals surface area contributed by atoms with E-state index in [1.54, 1.807) is 13.1 Å². The maximum absolute atomic E-state index is 11.7. The molecule has 1 aliphatic heterocycles. The van der Waals surface area contributed by atoms with E-state index in [0.717, 1.165) is 49.9 Å². The first-order chi connectivity index (χ1) is 12.6. The number of guanidine groups is 1. The monoisotopic (exact) mass is 396 g/mol. The molecule has 0 spiro atoms. The van der Waals surface area contributed by atoms with Crippen molar-refractivity contribution in [2.75, 3.05) is 46.2 Å². The third-order valence-corrected chi connectivity index (χ3v) is 6.13. The first-order valence-electron chi connectivity index (χ1n) is 9.20. The Morgan fingerprint density at radius 2 is 1.93 bits per heavy atom. The van der Waals surface area contributed by atoms with Gasteiger partial charge in [-0.3, -0.25) is 9.89 Å². The summed E-state index contributed by atoms with van der Waals surface area (Å²) in [7, 11) is -1.45. The van der Waals surface area contributed by atoms with Crippen molar-refractivity contribution in [3.05, 3.63) is 29.3 Å². The third-order valence-electron chi connectivity index (χ3n) is 4.88. The lowest BCUT2D eigenvalue weighted by Crippen LogP contribution is -2.56. The average Bonchev–Trinajstić information content (AvgIpc) is 2.61. The number of hydrogen-bond acceptors (Lipinski definition) is 5. The van der Waals surface area contributed by atoms with Crippen LogP contribution in [-0.2, 0) is 21.1 Å². The van der Waals surface area contributed by atoms with Crippen LogP contribution in [0.1, 0.15) is 25.0 Å². The molecule has 0 amide bonds. The number of sulfone groups is 1. The molecule has 7 nitrogen and oxygen atoms in total. The fourth-order valence-electron chi connectivity index (χ4n) is 3.22. The smallest absolute Gasteiger partial charge is 0.191 e. The first-order valence-corrected chi connectivity index (χ1v) is 11.1. The van der Waals surface area contributed by atoms with Crippen LogP contribution in [0.15, 0.2) is 28.1 Å². The highest BCUT2D eigenvalue weighted by Crippen LogP contribution is 2.17. The Morgan fingerprint density at radius 1 is 1.26 bits per heavy atom. The number of nitrogens with one attached hydrogen (secondary N) is 2. The number of hydrogen-bond donors (Lipinski definition) is 2. The van der Waals surface area contributed by atoms with E-state index in [1.807, 2.05) is 19.1 Å². The van der Waals surface area contributed by atoms with E-state index in [4.69, 9.17) is 4.74 Å². The first kappa shape index (κ1) is 21.7. The normalized spacial score (nSPS) is 17.0. The van der Waals surface area contributed by atoms with E-state index in [2.05, 4.69) is 34.4 Å². The van der Waals surface area contributed by atoms with Crippen LogP contribution in [-0.4, -0.2) is 71.0 Å². The van der Waals surface area contributed by atoms with Gasteiger partial charge in [0.15, 0.2) is 15.8 Å². The standard InChI is InChI=1S/C19H32N4O3S/c1-15-12-16(6-7-17(15)27(5,24)25)13-21-18(20-4)22-14-19(2,3)23-8-10-26-11-9-23/h6-7,12H,8-11,13-14H2,1-5H3,(H2,20,21,22). The molecular formula is C19H32N4O3S. The number of ether oxygens (including phenoxy) is 1. The zero-order valence-electron chi connectivity index (χ0n) is 17.0. The van der Waals surface area contributed by atoms with Gasteiger partial charge in [0, 0.05) is 45.0 Å². The summed E-state index contributed by atoms with van der Waals surface area (Å²) >= 11 is 0. The molecule has 0 atom stereocenters. The van der Waals surface area contributed by atoms with Crippen molar-refractivity contribution in [1.29, 1.82) is 0 Å². The highest BCUT2D eigenvalue weighted by Gasteiger charge is 2.28. The van der Waals surface area contributed by atoms with E-state index >= 15 is 0 Å². The Hall–Kier alpha value is -1.64. The molecule has 27 heavy (non-hydrogen) atoms. The second-order valence-electron chi connectivity index (χ2n) is 7.56. The van der Waals surface area contributed by atoms with Crippen LogP contribution in [0.5, 0.6) is 0 Å². The van der Waals surface area contributed by atoms with Gasteiger partial charge in [0.05, 0.1) is 18.1 Å². The van der Waals surface area contributed by atoms with E-state index in [1.165, 1.54) is 6.26 Å². The van der Waals surface area contributed by atoms with Crippen molar-refractivity contribution in [2.45, 2.75) is 37.8 Å². The number of morpholine rings is 1. The van der Waals surface area contributed by atoms with Crippen LogP contribution < -0.4 is 10.6 Å². The molecule has 1 aliphatic rings. The Labute approximate surface area is 163 Å². The van der Waals surface area contributed by atoms with Gasteiger partial charge in [-0.05, 0) is 38.0 Å². The van der Waals surface area contributed by atoms with Crippen molar-refractivity contribution in [2.24, 2.45) is 4.99 Å². The lowest BCUT2D eigenvalue weighted by atomic mass is 10.0. The van der Waals surface area contributed by atoms with Gasteiger partial charge < -0.3 is 15.4 Å². The van der Waals surface area contributed by atoms with E-state index < -0.39 is 9.84 Å². The number of nitrogens with zero attached hydrogens (tertiary/aromatic N) is 2. The van der Waals surface area contributed by atoms with Crippen LogP contribution in [0, 0.1) is 6.92 Å². The highest BCUT2D eigenvalue weighted by molar-refractivity contribution is 7.90. The Balaban J connectivity index is 1.91. The van der Waals surface area contributed by atoms with Gasteiger partial charge in [0.25, 0.3) is 0 Å². The molecule has 1 fully saturated rings. The van der Waals surface area contributed by atoms with Crippen molar-refractivity contribution in [1.82, 2.24) is 15.5 Å². The molecule has 0 bridgehead atoms.